The van der Waals surface area contributed by atoms with Crippen LogP contribution in [0.15, 0.2) is 22.8 Å². The van der Waals surface area contributed by atoms with Crippen LogP contribution in [0.1, 0.15) is 5.69 Å². The maximum Gasteiger partial charge on any atom is 0.117 e. The molecule has 2 unspecified atom stereocenters. The molecule has 2 atom stereocenters. The minimum Gasteiger partial charge on any atom is -0.383 e. The molecule has 0 saturated carbocycles. The van der Waals surface area contributed by atoms with Gasteiger partial charge in [0.2, 0.25) is 0 Å². The van der Waals surface area contributed by atoms with Crippen molar-refractivity contribution in [1.82, 2.24) is 15.2 Å². The van der Waals surface area contributed by atoms with Gasteiger partial charge in [-0.25, -0.2) is 0 Å². The molecule has 1 aromatic heterocycles. The van der Waals surface area contributed by atoms with Crippen LogP contribution in [0.2, 0.25) is 0 Å². The van der Waals surface area contributed by atoms with E-state index in [4.69, 9.17) is 0 Å². The van der Waals surface area contributed by atoms with Crippen LogP contribution in [-0.4, -0.2) is 48.2 Å². The third-order valence-electron chi connectivity index (χ3n) is 4.23. The average Bonchev–Trinajstić information content (AvgIpc) is 2.32. The van der Waals surface area contributed by atoms with Crippen LogP contribution in [-0.2, 0) is 5.60 Å². The average molecular weight is 312 g/mol. The highest BCUT2D eigenvalue weighted by atomic mass is 79.9. The Hall–Kier alpha value is -0.490. The van der Waals surface area contributed by atoms with Crippen molar-refractivity contribution in [2.45, 2.75) is 5.60 Å². The number of aromatic nitrogens is 1. The molecule has 2 aliphatic rings. The van der Waals surface area contributed by atoms with Gasteiger partial charge in [-0.3, -0.25) is 4.98 Å². The smallest absolute Gasteiger partial charge is 0.117 e. The molecular weight excluding hydrogens is 294 g/mol. The summed E-state index contributed by atoms with van der Waals surface area (Å²) in [4.78, 5) is 6.75. The minimum atomic E-state index is -0.779. The minimum absolute atomic E-state index is 0.212. The van der Waals surface area contributed by atoms with E-state index < -0.39 is 5.60 Å². The normalized spacial score (nSPS) is 36.6. The fraction of sp³-hybridized carbons (Fsp3) is 0.615. The molecule has 5 heteroatoms. The van der Waals surface area contributed by atoms with Crippen molar-refractivity contribution < 1.29 is 5.11 Å². The summed E-state index contributed by atoms with van der Waals surface area (Å²) in [6.07, 6.45) is 1.77. The van der Waals surface area contributed by atoms with Gasteiger partial charge in [0.1, 0.15) is 5.60 Å². The molecule has 1 aromatic rings. The second-order valence-electron chi connectivity index (χ2n) is 5.46. The first-order valence-electron chi connectivity index (χ1n) is 6.34. The van der Waals surface area contributed by atoms with Crippen molar-refractivity contribution in [3.05, 3.63) is 28.5 Å². The molecule has 4 nitrogen and oxygen atoms in total. The van der Waals surface area contributed by atoms with Crippen LogP contribution in [0.25, 0.3) is 0 Å². The molecule has 3 heterocycles. The lowest BCUT2D eigenvalue weighted by atomic mass is 9.69. The maximum absolute atomic E-state index is 11.2. The first-order valence-corrected chi connectivity index (χ1v) is 7.13. The number of aliphatic hydroxyl groups is 1. The first-order chi connectivity index (χ1) is 8.60. The summed E-state index contributed by atoms with van der Waals surface area (Å²) in [6.45, 7) is 3.54. The molecule has 2 fully saturated rings. The van der Waals surface area contributed by atoms with Crippen molar-refractivity contribution in [3.63, 3.8) is 0 Å². The van der Waals surface area contributed by atoms with Gasteiger partial charge in [-0.05, 0) is 35.1 Å². The molecule has 2 bridgehead atoms. The Labute approximate surface area is 116 Å². The molecule has 0 spiro atoms. The van der Waals surface area contributed by atoms with E-state index in [1.165, 1.54) is 0 Å². The second kappa shape index (κ2) is 4.56. The summed E-state index contributed by atoms with van der Waals surface area (Å²) in [5, 5.41) is 14.6. The Morgan fingerprint density at radius 2 is 2.06 bits per heavy atom. The summed E-state index contributed by atoms with van der Waals surface area (Å²) in [5.74, 6) is 0.423. The van der Waals surface area contributed by atoms with Gasteiger partial charge in [-0.1, -0.05) is 0 Å². The summed E-state index contributed by atoms with van der Waals surface area (Å²) >= 11 is 3.39. The Balaban J connectivity index is 1.99. The van der Waals surface area contributed by atoms with Crippen molar-refractivity contribution in [2.24, 2.45) is 11.8 Å². The van der Waals surface area contributed by atoms with E-state index in [0.717, 1.165) is 36.3 Å². The number of hydrogen-bond donors (Lipinski definition) is 2. The lowest BCUT2D eigenvalue weighted by Crippen LogP contribution is -2.64. The molecule has 18 heavy (non-hydrogen) atoms. The number of pyridine rings is 1. The Morgan fingerprint density at radius 1 is 1.39 bits per heavy atom. The number of nitrogens with zero attached hydrogens (tertiary/aromatic N) is 2. The lowest BCUT2D eigenvalue weighted by molar-refractivity contribution is -0.137. The molecule has 0 radical (unpaired) electrons. The highest BCUT2D eigenvalue weighted by molar-refractivity contribution is 9.10. The van der Waals surface area contributed by atoms with E-state index in [2.05, 4.69) is 38.2 Å². The van der Waals surface area contributed by atoms with Crippen LogP contribution in [0.5, 0.6) is 0 Å². The van der Waals surface area contributed by atoms with Crippen LogP contribution in [0.4, 0.5) is 0 Å². The number of halogens is 1. The zero-order valence-corrected chi connectivity index (χ0v) is 12.0. The second-order valence-corrected chi connectivity index (χ2v) is 6.38. The number of nitrogens with one attached hydrogen (secondary N) is 1. The van der Waals surface area contributed by atoms with Crippen LogP contribution in [0, 0.1) is 11.8 Å². The highest BCUT2D eigenvalue weighted by Crippen LogP contribution is 2.42. The topological polar surface area (TPSA) is 48.4 Å². The van der Waals surface area contributed by atoms with E-state index in [0.29, 0.717) is 0 Å². The Bertz CT molecular complexity index is 422. The molecule has 3 rings (SSSR count). The number of rotatable bonds is 1. The largest absolute Gasteiger partial charge is 0.383 e. The fourth-order valence-electron chi connectivity index (χ4n) is 3.34. The molecule has 2 saturated heterocycles. The SMILES string of the molecule is CN1CC2CNCC(C1)C2(O)c1ccc(Br)cn1. The van der Waals surface area contributed by atoms with Gasteiger partial charge in [0.15, 0.2) is 0 Å². The highest BCUT2D eigenvalue weighted by Gasteiger charge is 2.51. The quantitative estimate of drug-likeness (QED) is 0.806. The summed E-state index contributed by atoms with van der Waals surface area (Å²) < 4.78 is 0.950. The van der Waals surface area contributed by atoms with Crippen molar-refractivity contribution in [2.75, 3.05) is 33.2 Å². The van der Waals surface area contributed by atoms with Crippen LogP contribution < -0.4 is 5.32 Å². The third kappa shape index (κ3) is 1.90. The zero-order valence-electron chi connectivity index (χ0n) is 10.4. The maximum atomic E-state index is 11.2. The summed E-state index contributed by atoms with van der Waals surface area (Å²) in [7, 11) is 2.12. The predicted octanol–water partition coefficient (Wildman–Crippen LogP) is 0.813. The number of fused-ring (bicyclic) bond motifs is 2. The van der Waals surface area contributed by atoms with Crippen LogP contribution >= 0.6 is 15.9 Å². The van der Waals surface area contributed by atoms with E-state index in [1.54, 1.807) is 6.20 Å². The number of hydrogen-bond acceptors (Lipinski definition) is 4. The van der Waals surface area contributed by atoms with Crippen LogP contribution in [0.3, 0.4) is 0 Å². The number of piperidine rings is 2. The summed E-state index contributed by atoms with van der Waals surface area (Å²) in [5.41, 5.74) is 0.0358. The Kier molecular flexibility index (Phi) is 3.18. The monoisotopic (exact) mass is 311 g/mol. The summed E-state index contributed by atoms with van der Waals surface area (Å²) in [6, 6.07) is 3.91. The van der Waals surface area contributed by atoms with E-state index in [9.17, 15) is 5.11 Å². The standard InChI is InChI=1S/C13H18BrN3O/c1-17-7-9-4-15-5-10(8-17)13(9,18)12-3-2-11(14)6-16-12/h2-3,6,9-10,15,18H,4-5,7-8H2,1H3. The first kappa shape index (κ1) is 12.5. The van der Waals surface area contributed by atoms with Gasteiger partial charge in [-0.2, -0.15) is 0 Å². The molecule has 2 N–H and O–H groups in total. The van der Waals surface area contributed by atoms with Crippen molar-refractivity contribution >= 4 is 15.9 Å². The van der Waals surface area contributed by atoms with Crippen molar-refractivity contribution in [3.8, 4) is 0 Å². The molecule has 0 aromatic carbocycles. The molecule has 98 valence electrons. The van der Waals surface area contributed by atoms with Gasteiger partial charge in [0.25, 0.3) is 0 Å². The van der Waals surface area contributed by atoms with E-state index in [1.807, 2.05) is 12.1 Å². The molecular formula is C13H18BrN3O. The Morgan fingerprint density at radius 3 is 2.61 bits per heavy atom. The van der Waals surface area contributed by atoms with Gasteiger partial charge < -0.3 is 15.3 Å². The van der Waals surface area contributed by atoms with E-state index >= 15 is 0 Å². The van der Waals surface area contributed by atoms with Gasteiger partial charge >= 0.3 is 0 Å². The predicted molar refractivity (Wildman–Crippen MR) is 73.2 cm³/mol. The zero-order chi connectivity index (χ0) is 12.8. The van der Waals surface area contributed by atoms with Gasteiger partial charge in [0, 0.05) is 48.7 Å². The number of likely N-dealkylation sites (tertiary alicyclic amines) is 1. The van der Waals surface area contributed by atoms with Crippen molar-refractivity contribution in [1.29, 1.82) is 0 Å². The fourth-order valence-corrected chi connectivity index (χ4v) is 3.58. The van der Waals surface area contributed by atoms with Gasteiger partial charge in [-0.15, -0.1) is 0 Å². The van der Waals surface area contributed by atoms with Gasteiger partial charge in [0.05, 0.1) is 5.69 Å². The third-order valence-corrected chi connectivity index (χ3v) is 4.70. The lowest BCUT2D eigenvalue weighted by Gasteiger charge is -2.52. The van der Waals surface area contributed by atoms with E-state index in [-0.39, 0.29) is 11.8 Å². The molecule has 2 aliphatic heterocycles. The molecule has 0 amide bonds. The molecule has 0 aliphatic carbocycles.